The summed E-state index contributed by atoms with van der Waals surface area (Å²) in [5.41, 5.74) is -1.83. The number of hydrogen-bond acceptors (Lipinski definition) is 3. The van der Waals surface area contributed by atoms with Crippen molar-refractivity contribution in [1.82, 2.24) is 15.1 Å². The van der Waals surface area contributed by atoms with Crippen LogP contribution in [0.3, 0.4) is 0 Å². The van der Waals surface area contributed by atoms with Crippen LogP contribution in [0, 0.1) is 0 Å². The lowest BCUT2D eigenvalue weighted by Crippen LogP contribution is -2.41. The van der Waals surface area contributed by atoms with Crippen LogP contribution in [0.1, 0.15) is 42.2 Å². The second-order valence-electron chi connectivity index (χ2n) is 5.66. The number of carboxylic acids is 1. The van der Waals surface area contributed by atoms with Crippen molar-refractivity contribution < 1.29 is 27.9 Å². The summed E-state index contributed by atoms with van der Waals surface area (Å²) in [6.07, 6.45) is -2.71. The zero-order valence-corrected chi connectivity index (χ0v) is 14.0. The van der Waals surface area contributed by atoms with Crippen LogP contribution in [-0.4, -0.2) is 32.8 Å². The molecule has 9 heteroatoms. The number of alkyl halides is 3. The van der Waals surface area contributed by atoms with E-state index in [1.165, 1.54) is 12.1 Å². The number of amides is 1. The summed E-state index contributed by atoms with van der Waals surface area (Å²) >= 11 is 0. The molecule has 2 rings (SSSR count). The Morgan fingerprint density at radius 2 is 1.92 bits per heavy atom. The minimum Gasteiger partial charge on any atom is -0.480 e. The van der Waals surface area contributed by atoms with E-state index in [0.29, 0.717) is 17.5 Å². The Morgan fingerprint density at radius 3 is 2.46 bits per heavy atom. The summed E-state index contributed by atoms with van der Waals surface area (Å²) < 4.78 is 41.2. The van der Waals surface area contributed by atoms with Gasteiger partial charge in [-0.2, -0.15) is 18.3 Å². The molecule has 0 saturated carbocycles. The van der Waals surface area contributed by atoms with E-state index in [-0.39, 0.29) is 12.1 Å². The summed E-state index contributed by atoms with van der Waals surface area (Å²) in [5.74, 6) is -2.42. The molecule has 1 amide bonds. The lowest BCUT2D eigenvalue weighted by molar-refractivity contribution is -0.143. The molecule has 0 saturated heterocycles. The van der Waals surface area contributed by atoms with Gasteiger partial charge in [-0.15, -0.1) is 0 Å². The van der Waals surface area contributed by atoms with E-state index in [1.54, 1.807) is 18.2 Å². The van der Waals surface area contributed by atoms with Crippen molar-refractivity contribution in [1.29, 1.82) is 0 Å². The molecular weight excluding hydrogens is 351 g/mol. The average molecular weight is 369 g/mol. The molecule has 140 valence electrons. The van der Waals surface area contributed by atoms with Crippen LogP contribution in [0.5, 0.6) is 0 Å². The molecule has 26 heavy (non-hydrogen) atoms. The summed E-state index contributed by atoms with van der Waals surface area (Å²) in [6, 6.07) is 6.31. The first-order valence-electron chi connectivity index (χ1n) is 8.00. The summed E-state index contributed by atoms with van der Waals surface area (Å²) in [4.78, 5) is 23.5. The largest absolute Gasteiger partial charge is 0.480 e. The van der Waals surface area contributed by atoms with E-state index in [9.17, 15) is 22.8 Å². The van der Waals surface area contributed by atoms with Gasteiger partial charge in [0.1, 0.15) is 6.04 Å². The predicted octanol–water partition coefficient (Wildman–Crippen LogP) is 3.26. The number of benzene rings is 1. The van der Waals surface area contributed by atoms with E-state index in [4.69, 9.17) is 5.11 Å². The Morgan fingerprint density at radius 1 is 1.27 bits per heavy atom. The quantitative estimate of drug-likeness (QED) is 0.785. The second-order valence-corrected chi connectivity index (χ2v) is 5.66. The number of carbonyl (C=O) groups is 2. The molecule has 1 atom stereocenters. The molecule has 6 nitrogen and oxygen atoms in total. The van der Waals surface area contributed by atoms with Crippen molar-refractivity contribution in [3.05, 3.63) is 47.8 Å². The fourth-order valence-corrected chi connectivity index (χ4v) is 2.45. The van der Waals surface area contributed by atoms with Gasteiger partial charge in [-0.25, -0.2) is 9.48 Å². The molecule has 0 aliphatic carbocycles. The molecule has 0 radical (unpaired) electrons. The van der Waals surface area contributed by atoms with Gasteiger partial charge in [-0.05, 0) is 18.6 Å². The third-order valence-corrected chi connectivity index (χ3v) is 3.73. The van der Waals surface area contributed by atoms with Crippen molar-refractivity contribution in [2.75, 3.05) is 0 Å². The van der Waals surface area contributed by atoms with Gasteiger partial charge in [0.25, 0.3) is 5.91 Å². The number of para-hydroxylation sites is 1. The summed E-state index contributed by atoms with van der Waals surface area (Å²) in [5, 5.41) is 15.0. The van der Waals surface area contributed by atoms with Crippen molar-refractivity contribution >= 4 is 11.9 Å². The number of nitrogens with zero attached hydrogens (tertiary/aromatic N) is 2. The van der Waals surface area contributed by atoms with Gasteiger partial charge in [0, 0.05) is 0 Å². The molecule has 1 aromatic heterocycles. The van der Waals surface area contributed by atoms with Crippen LogP contribution >= 0.6 is 0 Å². The zero-order valence-electron chi connectivity index (χ0n) is 14.0. The fourth-order valence-electron chi connectivity index (χ4n) is 2.45. The third kappa shape index (κ3) is 4.41. The van der Waals surface area contributed by atoms with E-state index in [2.05, 4.69) is 10.4 Å². The SMILES string of the molecule is CCCC[C@H](NC(=O)c1cnn(-c2ccccc2)c1C(F)(F)F)C(=O)O. The van der Waals surface area contributed by atoms with Crippen molar-refractivity contribution in [2.24, 2.45) is 0 Å². The Balaban J connectivity index is 2.38. The Bertz CT molecular complexity index is 773. The van der Waals surface area contributed by atoms with E-state index < -0.39 is 35.4 Å². The van der Waals surface area contributed by atoms with Gasteiger partial charge >= 0.3 is 12.1 Å². The number of halogens is 3. The number of carbonyl (C=O) groups excluding carboxylic acids is 1. The minimum atomic E-state index is -4.85. The number of hydrogen-bond donors (Lipinski definition) is 2. The highest BCUT2D eigenvalue weighted by Gasteiger charge is 2.41. The van der Waals surface area contributed by atoms with Crippen molar-refractivity contribution in [2.45, 2.75) is 38.4 Å². The van der Waals surface area contributed by atoms with Crippen LogP contribution in [-0.2, 0) is 11.0 Å². The first kappa shape index (κ1) is 19.5. The first-order valence-corrected chi connectivity index (χ1v) is 8.00. The van der Waals surface area contributed by atoms with Crippen LogP contribution < -0.4 is 5.32 Å². The third-order valence-electron chi connectivity index (χ3n) is 3.73. The Hall–Kier alpha value is -2.84. The van der Waals surface area contributed by atoms with Gasteiger partial charge in [0.05, 0.1) is 17.4 Å². The van der Waals surface area contributed by atoms with E-state index in [1.807, 2.05) is 6.92 Å². The molecule has 0 aliphatic heterocycles. The van der Waals surface area contributed by atoms with Crippen LogP contribution in [0.25, 0.3) is 5.69 Å². The summed E-state index contributed by atoms with van der Waals surface area (Å²) in [6.45, 7) is 1.84. The normalized spacial score (nSPS) is 12.6. The molecule has 0 unspecified atom stereocenters. The highest BCUT2D eigenvalue weighted by Crippen LogP contribution is 2.33. The topological polar surface area (TPSA) is 84.2 Å². The van der Waals surface area contributed by atoms with E-state index >= 15 is 0 Å². The van der Waals surface area contributed by atoms with Gasteiger partial charge in [0.2, 0.25) is 0 Å². The molecule has 0 aliphatic rings. The molecule has 0 fully saturated rings. The molecule has 0 spiro atoms. The molecule has 2 N–H and O–H groups in total. The molecule has 2 aromatic rings. The monoisotopic (exact) mass is 369 g/mol. The number of aromatic nitrogens is 2. The van der Waals surface area contributed by atoms with Gasteiger partial charge in [-0.1, -0.05) is 38.0 Å². The van der Waals surface area contributed by atoms with E-state index in [0.717, 1.165) is 6.20 Å². The number of carboxylic acid groups (broad SMARTS) is 1. The number of rotatable bonds is 7. The van der Waals surface area contributed by atoms with Gasteiger partial charge in [0.15, 0.2) is 5.69 Å². The molecule has 0 bridgehead atoms. The zero-order chi connectivity index (χ0) is 19.3. The number of aliphatic carboxylic acids is 1. The van der Waals surface area contributed by atoms with Crippen LogP contribution in [0.4, 0.5) is 13.2 Å². The molecule has 1 heterocycles. The van der Waals surface area contributed by atoms with Gasteiger partial charge < -0.3 is 10.4 Å². The minimum absolute atomic E-state index is 0.131. The maximum Gasteiger partial charge on any atom is 0.434 e. The van der Waals surface area contributed by atoms with Crippen molar-refractivity contribution in [3.63, 3.8) is 0 Å². The molecular formula is C17H18F3N3O3. The first-order chi connectivity index (χ1) is 12.3. The summed E-state index contributed by atoms with van der Waals surface area (Å²) in [7, 11) is 0. The Labute approximate surface area is 147 Å². The lowest BCUT2D eigenvalue weighted by atomic mass is 10.1. The fraction of sp³-hybridized carbons (Fsp3) is 0.353. The van der Waals surface area contributed by atoms with Gasteiger partial charge in [-0.3, -0.25) is 4.79 Å². The lowest BCUT2D eigenvalue weighted by Gasteiger charge is -2.16. The maximum absolute atomic E-state index is 13.5. The predicted molar refractivity (Wildman–Crippen MR) is 87.0 cm³/mol. The number of unbranched alkanes of at least 4 members (excludes halogenated alkanes) is 1. The van der Waals surface area contributed by atoms with Crippen LogP contribution in [0.15, 0.2) is 36.5 Å². The Kier molecular flexibility index (Phi) is 6.01. The maximum atomic E-state index is 13.5. The highest BCUT2D eigenvalue weighted by molar-refractivity contribution is 5.97. The smallest absolute Gasteiger partial charge is 0.434 e. The highest BCUT2D eigenvalue weighted by atomic mass is 19.4. The number of nitrogens with one attached hydrogen (secondary N) is 1. The average Bonchev–Trinajstić information content (AvgIpc) is 3.04. The van der Waals surface area contributed by atoms with Crippen molar-refractivity contribution in [3.8, 4) is 5.69 Å². The van der Waals surface area contributed by atoms with Crippen LogP contribution in [0.2, 0.25) is 0 Å². The molecule has 1 aromatic carbocycles. The standard InChI is InChI=1S/C17H18F3N3O3/c1-2-3-9-13(16(25)26)22-15(24)12-10-21-23(14(12)17(18,19)20)11-7-5-4-6-8-11/h4-8,10,13H,2-3,9H2,1H3,(H,22,24)(H,25,26)/t13-/m0/s1. The second kappa shape index (κ2) is 8.03.